The molecule has 21 heavy (non-hydrogen) atoms. The average Bonchev–Trinajstić information content (AvgIpc) is 2.43. The zero-order valence-corrected chi connectivity index (χ0v) is 12.6. The lowest BCUT2D eigenvalue weighted by Crippen LogP contribution is -2.41. The number of benzene rings is 1. The standard InChI is InChI=1S/C15H19ClN2O3/c1-9-2-5-11(16)8-13(9)18-15(21)17-12-6-3-10(4-7-12)14(19)20/h2,5,8,10,12H,3-4,6-7H2,1H3,(H,19,20)(H2,17,18,21). The van der Waals surface area contributed by atoms with Crippen LogP contribution < -0.4 is 10.6 Å². The number of carboxylic acids is 1. The summed E-state index contributed by atoms with van der Waals surface area (Å²) < 4.78 is 0. The number of carbonyl (C=O) groups is 2. The van der Waals surface area contributed by atoms with Crippen LogP contribution in [0.2, 0.25) is 5.02 Å². The molecule has 6 heteroatoms. The van der Waals surface area contributed by atoms with Crippen LogP contribution in [0.1, 0.15) is 31.2 Å². The summed E-state index contributed by atoms with van der Waals surface area (Å²) in [7, 11) is 0. The molecule has 0 aromatic heterocycles. The minimum absolute atomic E-state index is 0.0279. The molecule has 1 aromatic carbocycles. The van der Waals surface area contributed by atoms with Crippen LogP contribution in [-0.4, -0.2) is 23.1 Å². The Morgan fingerprint density at radius 2 is 1.90 bits per heavy atom. The molecule has 114 valence electrons. The second kappa shape index (κ2) is 6.80. The van der Waals surface area contributed by atoms with Crippen LogP contribution in [0, 0.1) is 12.8 Å². The van der Waals surface area contributed by atoms with E-state index in [0.29, 0.717) is 36.4 Å². The van der Waals surface area contributed by atoms with Crippen LogP contribution in [0.15, 0.2) is 18.2 Å². The number of carbonyl (C=O) groups excluding carboxylic acids is 1. The maximum absolute atomic E-state index is 12.0. The lowest BCUT2D eigenvalue weighted by atomic mass is 9.86. The third-order valence-electron chi connectivity index (χ3n) is 3.86. The van der Waals surface area contributed by atoms with Crippen molar-refractivity contribution < 1.29 is 14.7 Å². The van der Waals surface area contributed by atoms with Gasteiger partial charge in [-0.15, -0.1) is 0 Å². The number of aliphatic carboxylic acids is 1. The van der Waals surface area contributed by atoms with Crippen molar-refractivity contribution >= 4 is 29.3 Å². The number of anilines is 1. The molecule has 0 radical (unpaired) electrons. The van der Waals surface area contributed by atoms with Crippen molar-refractivity contribution in [3.05, 3.63) is 28.8 Å². The molecule has 0 saturated heterocycles. The van der Waals surface area contributed by atoms with Gasteiger partial charge in [-0.2, -0.15) is 0 Å². The summed E-state index contributed by atoms with van der Waals surface area (Å²) >= 11 is 5.91. The Morgan fingerprint density at radius 3 is 2.52 bits per heavy atom. The highest BCUT2D eigenvalue weighted by molar-refractivity contribution is 6.31. The zero-order valence-electron chi connectivity index (χ0n) is 11.9. The molecule has 0 bridgehead atoms. The lowest BCUT2D eigenvalue weighted by molar-refractivity contribution is -0.142. The third-order valence-corrected chi connectivity index (χ3v) is 4.09. The quantitative estimate of drug-likeness (QED) is 0.800. The Kier molecular flexibility index (Phi) is 5.07. The number of amides is 2. The molecule has 1 saturated carbocycles. The van der Waals surface area contributed by atoms with Crippen molar-refractivity contribution in [3.8, 4) is 0 Å². The van der Waals surface area contributed by atoms with Crippen molar-refractivity contribution in [1.29, 1.82) is 0 Å². The molecule has 3 N–H and O–H groups in total. The summed E-state index contributed by atoms with van der Waals surface area (Å²) in [6.45, 7) is 1.89. The summed E-state index contributed by atoms with van der Waals surface area (Å²) in [6.07, 6.45) is 2.60. The van der Waals surface area contributed by atoms with Gasteiger partial charge in [-0.3, -0.25) is 4.79 Å². The number of hydrogen-bond acceptors (Lipinski definition) is 2. The van der Waals surface area contributed by atoms with Crippen molar-refractivity contribution in [2.24, 2.45) is 5.92 Å². The van der Waals surface area contributed by atoms with Gasteiger partial charge in [0.15, 0.2) is 0 Å². The van der Waals surface area contributed by atoms with Gasteiger partial charge in [0.2, 0.25) is 0 Å². The van der Waals surface area contributed by atoms with Crippen LogP contribution in [0.25, 0.3) is 0 Å². The second-order valence-corrected chi connectivity index (χ2v) is 5.88. The Hall–Kier alpha value is -1.75. The molecule has 1 fully saturated rings. The Balaban J connectivity index is 1.85. The predicted octanol–water partition coefficient (Wildman–Crippen LogP) is 3.41. The molecule has 2 rings (SSSR count). The lowest BCUT2D eigenvalue weighted by Gasteiger charge is -2.27. The van der Waals surface area contributed by atoms with E-state index >= 15 is 0 Å². The number of rotatable bonds is 3. The summed E-state index contributed by atoms with van der Waals surface area (Å²) in [5.41, 5.74) is 1.61. The maximum Gasteiger partial charge on any atom is 0.319 e. The van der Waals surface area contributed by atoms with Gasteiger partial charge < -0.3 is 15.7 Å². The van der Waals surface area contributed by atoms with Crippen LogP contribution >= 0.6 is 11.6 Å². The van der Waals surface area contributed by atoms with Gasteiger partial charge in [0.05, 0.1) is 5.92 Å². The summed E-state index contributed by atoms with van der Waals surface area (Å²) in [5.74, 6) is -1.02. The van der Waals surface area contributed by atoms with E-state index in [-0.39, 0.29) is 18.0 Å². The number of aryl methyl sites for hydroxylation is 1. The van der Waals surface area contributed by atoms with Crippen molar-refractivity contribution in [2.75, 3.05) is 5.32 Å². The monoisotopic (exact) mass is 310 g/mol. The number of nitrogens with one attached hydrogen (secondary N) is 2. The van der Waals surface area contributed by atoms with E-state index < -0.39 is 5.97 Å². The molecule has 1 aliphatic carbocycles. The molecule has 0 aliphatic heterocycles. The van der Waals surface area contributed by atoms with Gasteiger partial charge in [0, 0.05) is 16.8 Å². The molecule has 1 aromatic rings. The Morgan fingerprint density at radius 1 is 1.24 bits per heavy atom. The first-order valence-corrected chi connectivity index (χ1v) is 7.40. The topological polar surface area (TPSA) is 78.4 Å². The highest BCUT2D eigenvalue weighted by Gasteiger charge is 2.26. The summed E-state index contributed by atoms with van der Waals surface area (Å²) in [5, 5.41) is 15.2. The SMILES string of the molecule is Cc1ccc(Cl)cc1NC(=O)NC1CCC(C(=O)O)CC1. The van der Waals surface area contributed by atoms with Crippen LogP contribution in [0.3, 0.4) is 0 Å². The molecule has 0 spiro atoms. The number of urea groups is 1. The van der Waals surface area contributed by atoms with Gasteiger partial charge in [-0.05, 0) is 50.3 Å². The molecule has 1 aliphatic rings. The van der Waals surface area contributed by atoms with E-state index in [4.69, 9.17) is 16.7 Å². The highest BCUT2D eigenvalue weighted by Crippen LogP contribution is 2.25. The minimum atomic E-state index is -0.743. The third kappa shape index (κ3) is 4.36. The number of hydrogen-bond donors (Lipinski definition) is 3. The fourth-order valence-electron chi connectivity index (χ4n) is 2.56. The van der Waals surface area contributed by atoms with Crippen LogP contribution in [-0.2, 0) is 4.79 Å². The van der Waals surface area contributed by atoms with Gasteiger partial charge in [-0.1, -0.05) is 17.7 Å². The molecular formula is C15H19ClN2O3. The minimum Gasteiger partial charge on any atom is -0.481 e. The van der Waals surface area contributed by atoms with E-state index in [1.54, 1.807) is 12.1 Å². The molecule has 5 nitrogen and oxygen atoms in total. The first-order chi connectivity index (χ1) is 9.95. The first kappa shape index (κ1) is 15.6. The predicted molar refractivity (Wildman–Crippen MR) is 81.7 cm³/mol. The average molecular weight is 311 g/mol. The Labute approximate surface area is 128 Å². The van der Waals surface area contributed by atoms with E-state index in [1.807, 2.05) is 13.0 Å². The second-order valence-electron chi connectivity index (χ2n) is 5.44. The summed E-state index contributed by atoms with van der Waals surface area (Å²) in [4.78, 5) is 22.9. The molecule has 0 heterocycles. The van der Waals surface area contributed by atoms with Crippen molar-refractivity contribution in [2.45, 2.75) is 38.6 Å². The van der Waals surface area contributed by atoms with Gasteiger partial charge in [0.25, 0.3) is 0 Å². The van der Waals surface area contributed by atoms with Crippen molar-refractivity contribution in [1.82, 2.24) is 5.32 Å². The summed E-state index contributed by atoms with van der Waals surface area (Å²) in [6, 6.07) is 5.07. The molecule has 2 amide bonds. The van der Waals surface area contributed by atoms with Crippen LogP contribution in [0.5, 0.6) is 0 Å². The largest absolute Gasteiger partial charge is 0.481 e. The van der Waals surface area contributed by atoms with Gasteiger partial charge >= 0.3 is 12.0 Å². The Bertz CT molecular complexity index is 540. The fraction of sp³-hybridized carbons (Fsp3) is 0.467. The van der Waals surface area contributed by atoms with Crippen LogP contribution in [0.4, 0.5) is 10.5 Å². The molecule has 0 atom stereocenters. The zero-order chi connectivity index (χ0) is 15.4. The number of carboxylic acid groups (broad SMARTS) is 1. The van der Waals surface area contributed by atoms with E-state index in [0.717, 1.165) is 5.56 Å². The van der Waals surface area contributed by atoms with Crippen molar-refractivity contribution in [3.63, 3.8) is 0 Å². The maximum atomic E-state index is 12.0. The van der Waals surface area contributed by atoms with E-state index in [1.165, 1.54) is 0 Å². The van der Waals surface area contributed by atoms with E-state index in [9.17, 15) is 9.59 Å². The van der Waals surface area contributed by atoms with E-state index in [2.05, 4.69) is 10.6 Å². The van der Waals surface area contributed by atoms with Gasteiger partial charge in [-0.25, -0.2) is 4.79 Å². The van der Waals surface area contributed by atoms with Gasteiger partial charge in [0.1, 0.15) is 0 Å². The fourth-order valence-corrected chi connectivity index (χ4v) is 2.73. The highest BCUT2D eigenvalue weighted by atomic mass is 35.5. The number of halogens is 1. The first-order valence-electron chi connectivity index (χ1n) is 7.02. The molecule has 0 unspecified atom stereocenters. The molecular weight excluding hydrogens is 292 g/mol. The smallest absolute Gasteiger partial charge is 0.319 e. The normalized spacial score (nSPS) is 21.6.